The van der Waals surface area contributed by atoms with Crippen molar-refractivity contribution in [2.24, 2.45) is 0 Å². The smallest absolute Gasteiger partial charge is 0.250 e. The Kier molecular flexibility index (Phi) is 4.49. The summed E-state index contributed by atoms with van der Waals surface area (Å²) in [7, 11) is 0. The van der Waals surface area contributed by atoms with Gasteiger partial charge in [-0.05, 0) is 13.0 Å². The molecule has 0 atom stereocenters. The van der Waals surface area contributed by atoms with Gasteiger partial charge in [-0.25, -0.2) is 9.37 Å². The van der Waals surface area contributed by atoms with Crippen molar-refractivity contribution in [2.45, 2.75) is 33.4 Å². The fourth-order valence-electron chi connectivity index (χ4n) is 1.15. The third-order valence-electron chi connectivity index (χ3n) is 1.92. The molecule has 1 aromatic heterocycles. The molecule has 4 heteroatoms. The van der Waals surface area contributed by atoms with Gasteiger partial charge in [-0.1, -0.05) is 13.8 Å². The van der Waals surface area contributed by atoms with Crippen molar-refractivity contribution in [3.63, 3.8) is 0 Å². The van der Waals surface area contributed by atoms with Crippen LogP contribution in [0.1, 0.15) is 26.3 Å². The van der Waals surface area contributed by atoms with Crippen LogP contribution < -0.4 is 10.1 Å². The third-order valence-corrected chi connectivity index (χ3v) is 1.92. The predicted octanol–water partition coefficient (Wildman–Crippen LogP) is 2.12. The molecule has 1 aromatic rings. The van der Waals surface area contributed by atoms with E-state index in [-0.39, 0.29) is 11.7 Å². The second kappa shape index (κ2) is 5.66. The van der Waals surface area contributed by atoms with E-state index in [1.165, 1.54) is 0 Å². The Morgan fingerprint density at radius 2 is 2.27 bits per heavy atom. The fourth-order valence-corrected chi connectivity index (χ4v) is 1.15. The van der Waals surface area contributed by atoms with Gasteiger partial charge in [-0.15, -0.1) is 0 Å². The first-order valence-corrected chi connectivity index (χ1v) is 5.14. The monoisotopic (exact) mass is 212 g/mol. The number of pyridine rings is 1. The minimum atomic E-state index is -0.368. The molecule has 0 aliphatic carbocycles. The van der Waals surface area contributed by atoms with Crippen LogP contribution in [0.15, 0.2) is 12.3 Å². The number of rotatable bonds is 5. The Morgan fingerprint density at radius 3 is 2.87 bits per heavy atom. The van der Waals surface area contributed by atoms with Crippen LogP contribution in [0.25, 0.3) is 0 Å². The first kappa shape index (κ1) is 11.9. The number of ether oxygens (including phenoxy) is 1. The number of halogens is 1. The van der Waals surface area contributed by atoms with E-state index in [2.05, 4.69) is 10.3 Å². The lowest BCUT2D eigenvalue weighted by atomic mass is 10.2. The van der Waals surface area contributed by atoms with Crippen LogP contribution in [0.3, 0.4) is 0 Å². The van der Waals surface area contributed by atoms with Crippen LogP contribution >= 0.6 is 0 Å². The van der Waals surface area contributed by atoms with Gasteiger partial charge in [-0.3, -0.25) is 0 Å². The minimum absolute atomic E-state index is 0.0838. The van der Waals surface area contributed by atoms with Gasteiger partial charge in [0.15, 0.2) is 5.82 Å². The average molecular weight is 212 g/mol. The summed E-state index contributed by atoms with van der Waals surface area (Å²) < 4.78 is 18.8. The van der Waals surface area contributed by atoms with Gasteiger partial charge < -0.3 is 10.1 Å². The highest BCUT2D eigenvalue weighted by atomic mass is 19.1. The van der Waals surface area contributed by atoms with E-state index in [1.54, 1.807) is 19.2 Å². The molecule has 0 spiro atoms. The second-order valence-corrected chi connectivity index (χ2v) is 3.56. The molecule has 0 aromatic carbocycles. The molecule has 0 fully saturated rings. The second-order valence-electron chi connectivity index (χ2n) is 3.56. The molecule has 1 N–H and O–H groups in total. The lowest BCUT2D eigenvalue weighted by molar-refractivity contribution is 0.305. The number of nitrogens with one attached hydrogen (secondary N) is 1. The van der Waals surface area contributed by atoms with Gasteiger partial charge in [0, 0.05) is 24.3 Å². The van der Waals surface area contributed by atoms with Crippen molar-refractivity contribution < 1.29 is 9.13 Å². The zero-order valence-electron chi connectivity index (χ0n) is 9.38. The molecule has 0 radical (unpaired) electrons. The van der Waals surface area contributed by atoms with E-state index >= 15 is 0 Å². The number of hydrogen-bond donors (Lipinski definition) is 1. The summed E-state index contributed by atoms with van der Waals surface area (Å²) in [5.74, 6) is -0.284. The van der Waals surface area contributed by atoms with Gasteiger partial charge in [0.25, 0.3) is 5.88 Å². The lowest BCUT2D eigenvalue weighted by Gasteiger charge is -2.10. The Bertz CT molecular complexity index is 315. The predicted molar refractivity (Wildman–Crippen MR) is 57.3 cm³/mol. The van der Waals surface area contributed by atoms with Crippen molar-refractivity contribution in [1.82, 2.24) is 10.3 Å². The molecule has 84 valence electrons. The van der Waals surface area contributed by atoms with E-state index in [4.69, 9.17) is 4.74 Å². The van der Waals surface area contributed by atoms with Crippen molar-refractivity contribution in [2.75, 3.05) is 6.61 Å². The molecule has 0 saturated heterocycles. The van der Waals surface area contributed by atoms with E-state index in [0.29, 0.717) is 24.8 Å². The normalized spacial score (nSPS) is 10.7. The summed E-state index contributed by atoms with van der Waals surface area (Å²) in [5.41, 5.74) is 0.585. The summed E-state index contributed by atoms with van der Waals surface area (Å²) in [5, 5.41) is 3.15. The first-order valence-electron chi connectivity index (χ1n) is 5.14. The Balaban J connectivity index is 2.75. The molecule has 0 aliphatic heterocycles. The standard InChI is InChI=1S/C11H17FN2O/c1-4-15-11-10(12)9(5-6-13-11)7-14-8(2)3/h5-6,8,14H,4,7H2,1-3H3. The highest BCUT2D eigenvalue weighted by Crippen LogP contribution is 2.17. The van der Waals surface area contributed by atoms with E-state index in [9.17, 15) is 4.39 Å². The van der Waals surface area contributed by atoms with E-state index in [0.717, 1.165) is 0 Å². The van der Waals surface area contributed by atoms with Crippen molar-refractivity contribution in [3.8, 4) is 5.88 Å². The van der Waals surface area contributed by atoms with Gasteiger partial charge in [-0.2, -0.15) is 0 Å². The van der Waals surface area contributed by atoms with Gasteiger partial charge >= 0.3 is 0 Å². The summed E-state index contributed by atoms with van der Waals surface area (Å²) in [6.45, 7) is 6.75. The van der Waals surface area contributed by atoms with Crippen LogP contribution in [-0.4, -0.2) is 17.6 Å². The topological polar surface area (TPSA) is 34.1 Å². The maximum Gasteiger partial charge on any atom is 0.250 e. The molecule has 1 heterocycles. The summed E-state index contributed by atoms with van der Waals surface area (Å²) >= 11 is 0. The third kappa shape index (κ3) is 3.47. The highest BCUT2D eigenvalue weighted by molar-refractivity contribution is 5.23. The molecular formula is C11H17FN2O. The van der Waals surface area contributed by atoms with Crippen LogP contribution in [0.4, 0.5) is 4.39 Å². The van der Waals surface area contributed by atoms with Crippen molar-refractivity contribution >= 4 is 0 Å². The van der Waals surface area contributed by atoms with Gasteiger partial charge in [0.2, 0.25) is 0 Å². The van der Waals surface area contributed by atoms with Gasteiger partial charge in [0.05, 0.1) is 6.61 Å². The first-order chi connectivity index (χ1) is 7.15. The molecule has 3 nitrogen and oxygen atoms in total. The van der Waals surface area contributed by atoms with Crippen LogP contribution in [0, 0.1) is 5.82 Å². The highest BCUT2D eigenvalue weighted by Gasteiger charge is 2.10. The molecule has 0 aliphatic rings. The zero-order chi connectivity index (χ0) is 11.3. The zero-order valence-corrected chi connectivity index (χ0v) is 9.38. The summed E-state index contributed by atoms with van der Waals surface area (Å²) in [4.78, 5) is 3.83. The molecule has 0 bridgehead atoms. The largest absolute Gasteiger partial charge is 0.476 e. The number of hydrogen-bond acceptors (Lipinski definition) is 3. The van der Waals surface area contributed by atoms with E-state index in [1.807, 2.05) is 13.8 Å². The summed E-state index contributed by atoms with van der Waals surface area (Å²) in [6.07, 6.45) is 1.56. The van der Waals surface area contributed by atoms with Gasteiger partial charge in [0.1, 0.15) is 0 Å². The number of aromatic nitrogens is 1. The van der Waals surface area contributed by atoms with Crippen molar-refractivity contribution in [1.29, 1.82) is 0 Å². The Hall–Kier alpha value is -1.16. The van der Waals surface area contributed by atoms with Crippen LogP contribution in [-0.2, 0) is 6.54 Å². The average Bonchev–Trinajstić information content (AvgIpc) is 2.19. The number of nitrogens with zero attached hydrogens (tertiary/aromatic N) is 1. The maximum absolute atomic E-state index is 13.7. The quantitative estimate of drug-likeness (QED) is 0.811. The maximum atomic E-state index is 13.7. The minimum Gasteiger partial charge on any atom is -0.476 e. The molecule has 1 rings (SSSR count). The van der Waals surface area contributed by atoms with Crippen LogP contribution in [0.5, 0.6) is 5.88 Å². The molecule has 15 heavy (non-hydrogen) atoms. The molecule has 0 saturated carbocycles. The SMILES string of the molecule is CCOc1nccc(CNC(C)C)c1F. The van der Waals surface area contributed by atoms with Crippen molar-refractivity contribution in [3.05, 3.63) is 23.6 Å². The molecular weight excluding hydrogens is 195 g/mol. The Morgan fingerprint density at radius 1 is 1.53 bits per heavy atom. The van der Waals surface area contributed by atoms with E-state index < -0.39 is 0 Å². The molecule has 0 unspecified atom stereocenters. The Labute approximate surface area is 89.7 Å². The van der Waals surface area contributed by atoms with Crippen LogP contribution in [0.2, 0.25) is 0 Å². The fraction of sp³-hybridized carbons (Fsp3) is 0.545. The summed E-state index contributed by atoms with van der Waals surface area (Å²) in [6, 6.07) is 1.99. The lowest BCUT2D eigenvalue weighted by Crippen LogP contribution is -2.22. The molecule has 0 amide bonds.